The Morgan fingerprint density at radius 3 is 2.76 bits per heavy atom. The molecule has 0 saturated carbocycles. The van der Waals surface area contributed by atoms with Crippen LogP contribution in [0.4, 0.5) is 21.8 Å². The maximum Gasteiger partial charge on any atom is 0.224 e. The van der Waals surface area contributed by atoms with E-state index in [-0.39, 0.29) is 5.02 Å². The Balaban J connectivity index is 2.13. The van der Waals surface area contributed by atoms with E-state index in [0.29, 0.717) is 17.5 Å². The SMILES string of the molecule is CCCCNc1nc(C)cc(Nc2ccc(F)c(Cl)c2)n1. The Bertz CT molecular complexity index is 619. The molecule has 0 aliphatic rings. The minimum Gasteiger partial charge on any atom is -0.354 e. The lowest BCUT2D eigenvalue weighted by Crippen LogP contribution is -2.07. The van der Waals surface area contributed by atoms with Crippen molar-refractivity contribution >= 4 is 29.1 Å². The quantitative estimate of drug-likeness (QED) is 0.770. The third-order valence-corrected chi connectivity index (χ3v) is 3.15. The molecule has 6 heteroatoms. The van der Waals surface area contributed by atoms with Crippen molar-refractivity contribution in [3.63, 3.8) is 0 Å². The van der Waals surface area contributed by atoms with Gasteiger partial charge in [-0.2, -0.15) is 4.98 Å². The first-order valence-corrected chi connectivity index (χ1v) is 7.28. The summed E-state index contributed by atoms with van der Waals surface area (Å²) in [7, 11) is 0. The lowest BCUT2D eigenvalue weighted by atomic mass is 10.3. The number of hydrogen-bond donors (Lipinski definition) is 2. The average molecular weight is 309 g/mol. The largest absolute Gasteiger partial charge is 0.354 e. The Hall–Kier alpha value is -1.88. The van der Waals surface area contributed by atoms with Gasteiger partial charge in [-0.15, -0.1) is 0 Å². The number of aryl methyl sites for hydroxylation is 1. The second kappa shape index (κ2) is 7.22. The standard InChI is InChI=1S/C15H18ClFN4/c1-3-4-7-18-15-19-10(2)8-14(21-15)20-11-5-6-13(17)12(16)9-11/h5-6,8-9H,3-4,7H2,1-2H3,(H2,18,19,20,21). The molecular weight excluding hydrogens is 291 g/mol. The van der Waals surface area contributed by atoms with Gasteiger partial charge in [0.1, 0.15) is 11.6 Å². The van der Waals surface area contributed by atoms with Crippen LogP contribution in [0.2, 0.25) is 5.02 Å². The van der Waals surface area contributed by atoms with Crippen LogP contribution in [-0.4, -0.2) is 16.5 Å². The number of anilines is 3. The van der Waals surface area contributed by atoms with Gasteiger partial charge in [-0.3, -0.25) is 0 Å². The molecule has 4 nitrogen and oxygen atoms in total. The van der Waals surface area contributed by atoms with Gasteiger partial charge in [-0.1, -0.05) is 24.9 Å². The summed E-state index contributed by atoms with van der Waals surface area (Å²) in [5, 5.41) is 6.36. The highest BCUT2D eigenvalue weighted by Gasteiger charge is 2.05. The molecule has 1 heterocycles. The zero-order chi connectivity index (χ0) is 15.2. The highest BCUT2D eigenvalue weighted by atomic mass is 35.5. The Morgan fingerprint density at radius 2 is 2.05 bits per heavy atom. The molecule has 0 atom stereocenters. The molecule has 2 rings (SSSR count). The van der Waals surface area contributed by atoms with Crippen LogP contribution < -0.4 is 10.6 Å². The van der Waals surface area contributed by atoms with E-state index in [1.807, 2.05) is 13.0 Å². The minimum absolute atomic E-state index is 0.0760. The van der Waals surface area contributed by atoms with Crippen molar-refractivity contribution in [2.45, 2.75) is 26.7 Å². The Labute approximate surface area is 128 Å². The topological polar surface area (TPSA) is 49.8 Å². The molecule has 0 fully saturated rings. The summed E-state index contributed by atoms with van der Waals surface area (Å²) in [6.45, 7) is 4.86. The number of aromatic nitrogens is 2. The molecule has 0 aliphatic carbocycles. The number of unbranched alkanes of at least 4 members (excludes halogenated alkanes) is 1. The number of nitrogens with one attached hydrogen (secondary N) is 2. The maximum absolute atomic E-state index is 13.1. The van der Waals surface area contributed by atoms with Crippen LogP contribution in [0.5, 0.6) is 0 Å². The summed E-state index contributed by atoms with van der Waals surface area (Å²) in [5.41, 5.74) is 1.53. The van der Waals surface area contributed by atoms with Gasteiger partial charge in [0.25, 0.3) is 0 Å². The first-order chi connectivity index (χ1) is 10.1. The normalized spacial score (nSPS) is 10.5. The molecule has 0 saturated heterocycles. The van der Waals surface area contributed by atoms with Gasteiger partial charge in [-0.25, -0.2) is 9.37 Å². The summed E-state index contributed by atoms with van der Waals surface area (Å²) in [6, 6.07) is 6.28. The summed E-state index contributed by atoms with van der Waals surface area (Å²) >= 11 is 5.77. The number of hydrogen-bond acceptors (Lipinski definition) is 4. The van der Waals surface area contributed by atoms with Crippen LogP contribution in [0.3, 0.4) is 0 Å². The Morgan fingerprint density at radius 1 is 1.24 bits per heavy atom. The molecule has 0 aliphatic heterocycles. The van der Waals surface area contributed by atoms with Crippen molar-refractivity contribution in [1.82, 2.24) is 9.97 Å². The van der Waals surface area contributed by atoms with Crippen molar-refractivity contribution in [1.29, 1.82) is 0 Å². The van der Waals surface area contributed by atoms with Crippen molar-refractivity contribution in [2.75, 3.05) is 17.2 Å². The van der Waals surface area contributed by atoms with Crippen LogP contribution in [0.1, 0.15) is 25.5 Å². The molecule has 0 spiro atoms. The van der Waals surface area contributed by atoms with Crippen LogP contribution in [0.15, 0.2) is 24.3 Å². The lowest BCUT2D eigenvalue weighted by Gasteiger charge is -2.10. The highest BCUT2D eigenvalue weighted by Crippen LogP contribution is 2.22. The Kier molecular flexibility index (Phi) is 5.33. The fraction of sp³-hybridized carbons (Fsp3) is 0.333. The van der Waals surface area contributed by atoms with Crippen LogP contribution in [-0.2, 0) is 0 Å². The molecule has 0 radical (unpaired) electrons. The van der Waals surface area contributed by atoms with E-state index in [2.05, 4.69) is 27.5 Å². The predicted octanol–water partition coefficient (Wildman–Crippen LogP) is 4.53. The fourth-order valence-corrected chi connectivity index (χ4v) is 1.99. The lowest BCUT2D eigenvalue weighted by molar-refractivity contribution is 0.628. The van der Waals surface area contributed by atoms with Gasteiger partial charge in [0, 0.05) is 24.0 Å². The molecule has 2 aromatic rings. The van der Waals surface area contributed by atoms with Crippen LogP contribution in [0, 0.1) is 12.7 Å². The fourth-order valence-electron chi connectivity index (χ4n) is 1.81. The van der Waals surface area contributed by atoms with Gasteiger partial charge in [0.05, 0.1) is 5.02 Å². The maximum atomic E-state index is 13.1. The van der Waals surface area contributed by atoms with Crippen molar-refractivity contribution in [3.05, 3.63) is 40.8 Å². The molecule has 2 N–H and O–H groups in total. The second-order valence-corrected chi connectivity index (χ2v) is 5.16. The van der Waals surface area contributed by atoms with E-state index in [1.54, 1.807) is 6.07 Å². The van der Waals surface area contributed by atoms with Crippen molar-refractivity contribution in [3.8, 4) is 0 Å². The van der Waals surface area contributed by atoms with Crippen molar-refractivity contribution < 1.29 is 4.39 Å². The first-order valence-electron chi connectivity index (χ1n) is 6.90. The second-order valence-electron chi connectivity index (χ2n) is 4.75. The van der Waals surface area contributed by atoms with Crippen molar-refractivity contribution in [2.24, 2.45) is 0 Å². The third kappa shape index (κ3) is 4.56. The van der Waals surface area contributed by atoms with Gasteiger partial charge in [0.2, 0.25) is 5.95 Å². The summed E-state index contributed by atoms with van der Waals surface area (Å²) in [5.74, 6) is 0.784. The molecular formula is C15H18ClFN4. The summed E-state index contributed by atoms with van der Waals surface area (Å²) < 4.78 is 13.1. The van der Waals surface area contributed by atoms with E-state index >= 15 is 0 Å². The first kappa shape index (κ1) is 15.5. The smallest absolute Gasteiger partial charge is 0.224 e. The van der Waals surface area contributed by atoms with E-state index in [9.17, 15) is 4.39 Å². The molecule has 1 aromatic heterocycles. The van der Waals surface area contributed by atoms with Gasteiger partial charge in [0.15, 0.2) is 0 Å². The van der Waals surface area contributed by atoms with E-state index < -0.39 is 5.82 Å². The molecule has 21 heavy (non-hydrogen) atoms. The zero-order valence-corrected chi connectivity index (χ0v) is 12.8. The van der Waals surface area contributed by atoms with Crippen LogP contribution >= 0.6 is 11.6 Å². The number of nitrogens with zero attached hydrogens (tertiary/aromatic N) is 2. The summed E-state index contributed by atoms with van der Waals surface area (Å²) in [4.78, 5) is 8.71. The summed E-state index contributed by atoms with van der Waals surface area (Å²) in [6.07, 6.45) is 2.17. The predicted molar refractivity (Wildman–Crippen MR) is 84.9 cm³/mol. The van der Waals surface area contributed by atoms with Crippen LogP contribution in [0.25, 0.3) is 0 Å². The number of benzene rings is 1. The molecule has 1 aromatic carbocycles. The van der Waals surface area contributed by atoms with E-state index in [4.69, 9.17) is 11.6 Å². The average Bonchev–Trinajstić information content (AvgIpc) is 2.43. The molecule has 0 amide bonds. The molecule has 0 unspecified atom stereocenters. The molecule has 112 valence electrons. The van der Waals surface area contributed by atoms with E-state index in [0.717, 1.165) is 25.1 Å². The van der Waals surface area contributed by atoms with Gasteiger partial charge in [-0.05, 0) is 31.5 Å². The zero-order valence-electron chi connectivity index (χ0n) is 12.1. The minimum atomic E-state index is -0.442. The molecule has 0 bridgehead atoms. The number of halogens is 2. The van der Waals surface area contributed by atoms with E-state index in [1.165, 1.54) is 12.1 Å². The number of rotatable bonds is 6. The highest BCUT2D eigenvalue weighted by molar-refractivity contribution is 6.31. The monoisotopic (exact) mass is 308 g/mol. The van der Waals surface area contributed by atoms with Gasteiger partial charge < -0.3 is 10.6 Å². The third-order valence-electron chi connectivity index (χ3n) is 2.86. The van der Waals surface area contributed by atoms with Gasteiger partial charge >= 0.3 is 0 Å².